The van der Waals surface area contributed by atoms with Crippen LogP contribution in [-0.2, 0) is 5.60 Å². The summed E-state index contributed by atoms with van der Waals surface area (Å²) >= 11 is 11.9. The van der Waals surface area contributed by atoms with Crippen LogP contribution in [0.15, 0.2) is 29.8 Å². The predicted molar refractivity (Wildman–Crippen MR) is 72.5 cm³/mol. The molecule has 0 saturated heterocycles. The molecule has 0 fully saturated rings. The molecule has 1 aliphatic carbocycles. The Hall–Kier alpha value is -0.500. The van der Waals surface area contributed by atoms with Gasteiger partial charge in [-0.3, -0.25) is 0 Å². The molecule has 92 valence electrons. The van der Waals surface area contributed by atoms with Crippen LogP contribution in [0.5, 0.6) is 0 Å². The van der Waals surface area contributed by atoms with E-state index < -0.39 is 5.60 Å². The monoisotopic (exact) mass is 270 g/mol. The predicted octanol–water partition coefficient (Wildman–Crippen LogP) is 4.56. The van der Waals surface area contributed by atoms with Gasteiger partial charge >= 0.3 is 0 Å². The molecule has 0 amide bonds. The van der Waals surface area contributed by atoms with Crippen molar-refractivity contribution in [3.8, 4) is 0 Å². The topological polar surface area (TPSA) is 20.2 Å². The maximum absolute atomic E-state index is 10.7. The zero-order valence-electron chi connectivity index (χ0n) is 10.0. The van der Waals surface area contributed by atoms with E-state index in [9.17, 15) is 5.11 Å². The molecule has 2 unspecified atom stereocenters. The van der Waals surface area contributed by atoms with Crippen LogP contribution >= 0.6 is 23.2 Å². The lowest BCUT2D eigenvalue weighted by atomic mass is 9.77. The lowest BCUT2D eigenvalue weighted by Crippen LogP contribution is -2.29. The van der Waals surface area contributed by atoms with Crippen LogP contribution in [-0.4, -0.2) is 5.11 Å². The summed E-state index contributed by atoms with van der Waals surface area (Å²) in [6, 6.07) is 5.33. The van der Waals surface area contributed by atoms with Gasteiger partial charge in [0.1, 0.15) is 5.60 Å². The summed E-state index contributed by atoms with van der Waals surface area (Å²) in [5.74, 6) is 0.472. The summed E-state index contributed by atoms with van der Waals surface area (Å²) in [6.07, 6.45) is 3.71. The molecule has 17 heavy (non-hydrogen) atoms. The lowest BCUT2D eigenvalue weighted by Gasteiger charge is -2.33. The number of benzene rings is 1. The second-order valence-corrected chi connectivity index (χ2v) is 5.87. The van der Waals surface area contributed by atoms with Crippen LogP contribution < -0.4 is 0 Å². The fraction of sp³-hybridized carbons (Fsp3) is 0.429. The molecule has 1 N–H and O–H groups in total. The first-order chi connectivity index (χ1) is 7.90. The molecule has 0 aromatic heterocycles. The van der Waals surface area contributed by atoms with Crippen molar-refractivity contribution in [1.82, 2.24) is 0 Å². The first-order valence-corrected chi connectivity index (χ1v) is 6.52. The number of halogens is 2. The van der Waals surface area contributed by atoms with Crippen LogP contribution in [0.2, 0.25) is 10.0 Å². The summed E-state index contributed by atoms with van der Waals surface area (Å²) in [5, 5.41) is 11.7. The zero-order valence-corrected chi connectivity index (χ0v) is 11.5. The standard InChI is InChI=1S/C14H16Cl2O/c1-9-5-10(2)8-14(17,7-9)11-3-4-12(15)13(16)6-11/h3-4,6-7,10,17H,5,8H2,1-2H3. The van der Waals surface area contributed by atoms with Crippen molar-refractivity contribution in [3.05, 3.63) is 45.5 Å². The van der Waals surface area contributed by atoms with E-state index in [4.69, 9.17) is 23.2 Å². The van der Waals surface area contributed by atoms with E-state index in [1.54, 1.807) is 12.1 Å². The SMILES string of the molecule is CC1=CC(O)(c2ccc(Cl)c(Cl)c2)CC(C)C1. The van der Waals surface area contributed by atoms with Crippen LogP contribution in [0.4, 0.5) is 0 Å². The molecule has 0 radical (unpaired) electrons. The average molecular weight is 271 g/mol. The molecule has 0 heterocycles. The summed E-state index contributed by atoms with van der Waals surface area (Å²) in [4.78, 5) is 0. The van der Waals surface area contributed by atoms with Gasteiger partial charge < -0.3 is 5.11 Å². The van der Waals surface area contributed by atoms with Crippen LogP contribution in [0.1, 0.15) is 32.3 Å². The van der Waals surface area contributed by atoms with Crippen molar-refractivity contribution in [2.75, 3.05) is 0 Å². The zero-order chi connectivity index (χ0) is 12.6. The minimum Gasteiger partial charge on any atom is -0.381 e. The third kappa shape index (κ3) is 2.67. The highest BCUT2D eigenvalue weighted by molar-refractivity contribution is 6.42. The molecule has 0 bridgehead atoms. The van der Waals surface area contributed by atoms with Gasteiger partial charge in [-0.25, -0.2) is 0 Å². The fourth-order valence-electron chi connectivity index (χ4n) is 2.65. The van der Waals surface area contributed by atoms with Gasteiger partial charge in [0.25, 0.3) is 0 Å². The smallest absolute Gasteiger partial charge is 0.108 e. The molecular weight excluding hydrogens is 255 g/mol. The van der Waals surface area contributed by atoms with Crippen LogP contribution in [0, 0.1) is 5.92 Å². The van der Waals surface area contributed by atoms with Gasteiger partial charge in [0.2, 0.25) is 0 Å². The van der Waals surface area contributed by atoms with Gasteiger partial charge in [-0.05, 0) is 49.5 Å². The summed E-state index contributed by atoms with van der Waals surface area (Å²) in [5.41, 5.74) is 1.13. The number of allylic oxidation sites excluding steroid dienone is 1. The Morgan fingerprint density at radius 3 is 2.59 bits per heavy atom. The molecule has 1 nitrogen and oxygen atoms in total. The first-order valence-electron chi connectivity index (χ1n) is 5.77. The Morgan fingerprint density at radius 2 is 2.00 bits per heavy atom. The van der Waals surface area contributed by atoms with Gasteiger partial charge in [-0.15, -0.1) is 0 Å². The molecule has 0 saturated carbocycles. The van der Waals surface area contributed by atoms with Crippen molar-refractivity contribution >= 4 is 23.2 Å². The van der Waals surface area contributed by atoms with Gasteiger partial charge in [0.15, 0.2) is 0 Å². The molecule has 2 atom stereocenters. The second-order valence-electron chi connectivity index (χ2n) is 5.06. The lowest BCUT2D eigenvalue weighted by molar-refractivity contribution is 0.0547. The minimum atomic E-state index is -0.907. The Balaban J connectivity index is 2.44. The average Bonchev–Trinajstić information content (AvgIpc) is 2.19. The van der Waals surface area contributed by atoms with E-state index in [1.165, 1.54) is 5.57 Å². The van der Waals surface area contributed by atoms with E-state index in [0.29, 0.717) is 16.0 Å². The van der Waals surface area contributed by atoms with Crippen LogP contribution in [0.3, 0.4) is 0 Å². The Bertz CT molecular complexity index is 467. The third-order valence-electron chi connectivity index (χ3n) is 3.23. The molecule has 1 aromatic carbocycles. The van der Waals surface area contributed by atoms with E-state index in [-0.39, 0.29) is 0 Å². The highest BCUT2D eigenvalue weighted by Gasteiger charge is 2.32. The fourth-order valence-corrected chi connectivity index (χ4v) is 2.94. The summed E-state index contributed by atoms with van der Waals surface area (Å²) < 4.78 is 0. The molecule has 0 aliphatic heterocycles. The van der Waals surface area contributed by atoms with E-state index >= 15 is 0 Å². The Labute approximate surface area is 112 Å². The number of hydrogen-bond acceptors (Lipinski definition) is 1. The number of aliphatic hydroxyl groups is 1. The quantitative estimate of drug-likeness (QED) is 0.742. The minimum absolute atomic E-state index is 0.472. The molecule has 3 heteroatoms. The van der Waals surface area contributed by atoms with Gasteiger partial charge in [0, 0.05) is 0 Å². The maximum atomic E-state index is 10.7. The van der Waals surface area contributed by atoms with Crippen molar-refractivity contribution in [2.45, 2.75) is 32.3 Å². The van der Waals surface area contributed by atoms with Crippen molar-refractivity contribution in [3.63, 3.8) is 0 Å². The van der Waals surface area contributed by atoms with E-state index in [0.717, 1.165) is 18.4 Å². The largest absolute Gasteiger partial charge is 0.381 e. The molecule has 1 aliphatic rings. The highest BCUT2D eigenvalue weighted by atomic mass is 35.5. The molecule has 1 aromatic rings. The maximum Gasteiger partial charge on any atom is 0.108 e. The summed E-state index contributed by atoms with van der Waals surface area (Å²) in [6.45, 7) is 4.21. The van der Waals surface area contributed by atoms with Crippen LogP contribution in [0.25, 0.3) is 0 Å². The van der Waals surface area contributed by atoms with Gasteiger partial charge in [-0.2, -0.15) is 0 Å². The van der Waals surface area contributed by atoms with E-state index in [1.807, 2.05) is 12.1 Å². The summed E-state index contributed by atoms with van der Waals surface area (Å²) in [7, 11) is 0. The van der Waals surface area contributed by atoms with Gasteiger partial charge in [-0.1, -0.05) is 41.8 Å². The molecular formula is C14H16Cl2O. The van der Waals surface area contributed by atoms with Crippen molar-refractivity contribution in [1.29, 1.82) is 0 Å². The van der Waals surface area contributed by atoms with Crippen molar-refractivity contribution in [2.24, 2.45) is 5.92 Å². The number of rotatable bonds is 1. The van der Waals surface area contributed by atoms with Gasteiger partial charge in [0.05, 0.1) is 10.0 Å². The van der Waals surface area contributed by atoms with Crippen molar-refractivity contribution < 1.29 is 5.11 Å². The Kier molecular flexibility index (Phi) is 3.53. The third-order valence-corrected chi connectivity index (χ3v) is 3.97. The first kappa shape index (κ1) is 12.9. The normalized spacial score (nSPS) is 29.0. The number of hydrogen-bond donors (Lipinski definition) is 1. The molecule has 2 rings (SSSR count). The molecule has 0 spiro atoms. The highest BCUT2D eigenvalue weighted by Crippen LogP contribution is 2.39. The Morgan fingerprint density at radius 1 is 1.29 bits per heavy atom. The van der Waals surface area contributed by atoms with E-state index in [2.05, 4.69) is 13.8 Å². The second kappa shape index (κ2) is 4.64.